The summed E-state index contributed by atoms with van der Waals surface area (Å²) in [5, 5.41) is 5.75. The Morgan fingerprint density at radius 2 is 2.13 bits per heavy atom. The number of hydrogen-bond acceptors (Lipinski definition) is 4. The highest BCUT2D eigenvalue weighted by atomic mass is 16.2. The third-order valence-corrected chi connectivity index (χ3v) is 4.09. The van der Waals surface area contributed by atoms with Gasteiger partial charge < -0.3 is 5.32 Å². The van der Waals surface area contributed by atoms with Crippen LogP contribution in [0, 0.1) is 0 Å². The van der Waals surface area contributed by atoms with Crippen LogP contribution in [0.1, 0.15) is 18.9 Å². The number of aromatic nitrogens is 2. The van der Waals surface area contributed by atoms with Crippen LogP contribution in [0.15, 0.2) is 48.9 Å². The number of nitrogens with zero attached hydrogens (tertiary/aromatic N) is 3. The van der Waals surface area contributed by atoms with E-state index >= 15 is 0 Å². The molecule has 0 aliphatic carbocycles. The number of urea groups is 1. The van der Waals surface area contributed by atoms with E-state index < -0.39 is 0 Å². The summed E-state index contributed by atoms with van der Waals surface area (Å²) in [7, 11) is 0. The van der Waals surface area contributed by atoms with Crippen LogP contribution in [0.5, 0.6) is 0 Å². The minimum Gasteiger partial charge on any atom is -0.334 e. The van der Waals surface area contributed by atoms with E-state index in [2.05, 4.69) is 56.7 Å². The number of carbonyl (C=O) groups is 1. The summed E-state index contributed by atoms with van der Waals surface area (Å²) in [6.45, 7) is 3.97. The minimum absolute atomic E-state index is 0.149. The molecule has 1 aliphatic rings. The van der Waals surface area contributed by atoms with E-state index in [1.165, 1.54) is 11.9 Å². The summed E-state index contributed by atoms with van der Waals surface area (Å²) < 4.78 is 0. The van der Waals surface area contributed by atoms with Crippen molar-refractivity contribution in [2.75, 3.05) is 11.9 Å². The average Bonchev–Trinajstić information content (AvgIpc) is 2.88. The van der Waals surface area contributed by atoms with E-state index in [4.69, 9.17) is 0 Å². The van der Waals surface area contributed by atoms with Crippen LogP contribution in [0.3, 0.4) is 0 Å². The summed E-state index contributed by atoms with van der Waals surface area (Å²) in [5.74, 6) is 0.504. The summed E-state index contributed by atoms with van der Waals surface area (Å²) in [5.41, 5.74) is 1.30. The van der Waals surface area contributed by atoms with Crippen molar-refractivity contribution in [1.82, 2.24) is 20.2 Å². The predicted molar refractivity (Wildman–Crippen MR) is 88.9 cm³/mol. The van der Waals surface area contributed by atoms with E-state index in [1.807, 2.05) is 6.07 Å². The summed E-state index contributed by atoms with van der Waals surface area (Å²) in [6.07, 6.45) is 3.96. The molecular formula is C17H21N5O. The minimum atomic E-state index is -0.220. The Kier molecular flexibility index (Phi) is 4.83. The van der Waals surface area contributed by atoms with E-state index in [1.54, 1.807) is 12.3 Å². The highest BCUT2D eigenvalue weighted by molar-refractivity contribution is 5.88. The van der Waals surface area contributed by atoms with Crippen LogP contribution >= 0.6 is 0 Å². The van der Waals surface area contributed by atoms with Crippen molar-refractivity contribution < 1.29 is 4.79 Å². The van der Waals surface area contributed by atoms with Crippen molar-refractivity contribution in [2.45, 2.75) is 32.0 Å². The van der Waals surface area contributed by atoms with Crippen molar-refractivity contribution in [3.63, 3.8) is 0 Å². The second kappa shape index (κ2) is 7.19. The quantitative estimate of drug-likeness (QED) is 0.908. The fraction of sp³-hybridized carbons (Fsp3) is 0.353. The molecule has 0 radical (unpaired) electrons. The number of anilines is 1. The fourth-order valence-electron chi connectivity index (χ4n) is 2.94. The number of amides is 2. The van der Waals surface area contributed by atoms with Gasteiger partial charge in [0.25, 0.3) is 0 Å². The first-order chi connectivity index (χ1) is 11.2. The van der Waals surface area contributed by atoms with Gasteiger partial charge in [0.15, 0.2) is 0 Å². The third kappa shape index (κ3) is 4.26. The van der Waals surface area contributed by atoms with Crippen LogP contribution in [0.4, 0.5) is 10.6 Å². The Morgan fingerprint density at radius 3 is 2.87 bits per heavy atom. The lowest BCUT2D eigenvalue weighted by Crippen LogP contribution is -2.39. The molecule has 0 saturated carbocycles. The van der Waals surface area contributed by atoms with Crippen molar-refractivity contribution in [1.29, 1.82) is 0 Å². The molecule has 23 heavy (non-hydrogen) atoms. The molecule has 6 heteroatoms. The van der Waals surface area contributed by atoms with Crippen LogP contribution in [-0.4, -0.2) is 39.5 Å². The Hall–Kier alpha value is -2.47. The topological polar surface area (TPSA) is 70.1 Å². The molecule has 2 amide bonds. The first-order valence-electron chi connectivity index (χ1n) is 7.82. The monoisotopic (exact) mass is 311 g/mol. The molecule has 2 N–H and O–H groups in total. The van der Waals surface area contributed by atoms with Crippen molar-refractivity contribution in [3.8, 4) is 0 Å². The standard InChI is InChI=1S/C17H21N5O/c1-13-9-15(11-22(13)10-14-5-3-2-4-6-14)20-17(23)21-16-7-8-18-12-19-16/h2-8,12-13,15H,9-11H2,1H3,(H2,18,19,20,21,23)/t13-,15-/m0/s1. The van der Waals surface area contributed by atoms with Gasteiger partial charge >= 0.3 is 6.03 Å². The zero-order valence-corrected chi connectivity index (χ0v) is 13.1. The van der Waals surface area contributed by atoms with Crippen LogP contribution in [-0.2, 0) is 6.54 Å². The molecule has 0 spiro atoms. The van der Waals surface area contributed by atoms with Gasteiger partial charge in [0.1, 0.15) is 12.1 Å². The molecule has 1 saturated heterocycles. The molecule has 1 fully saturated rings. The highest BCUT2D eigenvalue weighted by Gasteiger charge is 2.29. The molecule has 6 nitrogen and oxygen atoms in total. The van der Waals surface area contributed by atoms with E-state index in [9.17, 15) is 4.79 Å². The number of benzene rings is 1. The fourth-order valence-corrected chi connectivity index (χ4v) is 2.94. The number of rotatable bonds is 4. The zero-order chi connectivity index (χ0) is 16.1. The Bertz CT molecular complexity index is 634. The third-order valence-electron chi connectivity index (χ3n) is 4.09. The predicted octanol–water partition coefficient (Wildman–Crippen LogP) is 2.26. The van der Waals surface area contributed by atoms with Crippen LogP contribution in [0.2, 0.25) is 0 Å². The normalized spacial score (nSPS) is 21.1. The first kappa shape index (κ1) is 15.4. The van der Waals surface area contributed by atoms with Crippen LogP contribution < -0.4 is 10.6 Å². The summed E-state index contributed by atoms with van der Waals surface area (Å²) in [4.78, 5) is 22.2. The van der Waals surface area contributed by atoms with Crippen molar-refractivity contribution in [2.24, 2.45) is 0 Å². The molecule has 0 unspecified atom stereocenters. The van der Waals surface area contributed by atoms with Gasteiger partial charge in [0.2, 0.25) is 0 Å². The van der Waals surface area contributed by atoms with Gasteiger partial charge in [-0.25, -0.2) is 14.8 Å². The molecule has 120 valence electrons. The van der Waals surface area contributed by atoms with Gasteiger partial charge in [-0.1, -0.05) is 30.3 Å². The molecule has 3 rings (SSSR count). The molecule has 1 aliphatic heterocycles. The Morgan fingerprint density at radius 1 is 1.30 bits per heavy atom. The van der Waals surface area contributed by atoms with Gasteiger partial charge in [-0.3, -0.25) is 10.2 Å². The number of nitrogens with one attached hydrogen (secondary N) is 2. The SMILES string of the molecule is C[C@H]1C[C@H](NC(=O)Nc2ccncn2)CN1Cc1ccccc1. The molecule has 2 aromatic rings. The summed E-state index contributed by atoms with van der Waals surface area (Å²) in [6, 6.07) is 12.4. The highest BCUT2D eigenvalue weighted by Crippen LogP contribution is 2.20. The maximum atomic E-state index is 12.0. The van der Waals surface area contributed by atoms with Crippen LogP contribution in [0.25, 0.3) is 0 Å². The Balaban J connectivity index is 1.51. The van der Waals surface area contributed by atoms with E-state index in [0.717, 1.165) is 19.5 Å². The first-order valence-corrected chi connectivity index (χ1v) is 7.82. The lowest BCUT2D eigenvalue weighted by Gasteiger charge is -2.20. The molecule has 1 aromatic carbocycles. The average molecular weight is 311 g/mol. The number of carbonyl (C=O) groups excluding carboxylic acids is 1. The second-order valence-electron chi connectivity index (χ2n) is 5.89. The number of likely N-dealkylation sites (tertiary alicyclic amines) is 1. The zero-order valence-electron chi connectivity index (χ0n) is 13.1. The maximum absolute atomic E-state index is 12.0. The molecule has 1 aromatic heterocycles. The molecular weight excluding hydrogens is 290 g/mol. The van der Waals surface area contributed by atoms with Crippen molar-refractivity contribution in [3.05, 3.63) is 54.5 Å². The largest absolute Gasteiger partial charge is 0.334 e. The molecule has 0 bridgehead atoms. The van der Waals surface area contributed by atoms with Gasteiger partial charge in [-0.05, 0) is 25.0 Å². The lowest BCUT2D eigenvalue weighted by atomic mass is 10.2. The summed E-state index contributed by atoms with van der Waals surface area (Å²) >= 11 is 0. The van der Waals surface area contributed by atoms with E-state index in [0.29, 0.717) is 11.9 Å². The second-order valence-corrected chi connectivity index (χ2v) is 5.89. The van der Waals surface area contributed by atoms with E-state index in [-0.39, 0.29) is 12.1 Å². The smallest absolute Gasteiger partial charge is 0.320 e. The van der Waals surface area contributed by atoms with Gasteiger partial charge in [-0.15, -0.1) is 0 Å². The molecule has 2 heterocycles. The number of hydrogen-bond donors (Lipinski definition) is 2. The van der Waals surface area contributed by atoms with Gasteiger partial charge in [-0.2, -0.15) is 0 Å². The Labute approximate surface area is 135 Å². The van der Waals surface area contributed by atoms with Crippen molar-refractivity contribution >= 4 is 11.8 Å². The van der Waals surface area contributed by atoms with Gasteiger partial charge in [0, 0.05) is 31.4 Å². The maximum Gasteiger partial charge on any atom is 0.320 e. The lowest BCUT2D eigenvalue weighted by molar-refractivity contribution is 0.244. The molecule has 2 atom stereocenters. The van der Waals surface area contributed by atoms with Gasteiger partial charge in [0.05, 0.1) is 0 Å².